The lowest BCUT2D eigenvalue weighted by Crippen LogP contribution is -1.93. The SMILES string of the molecule is C(=NC1c2ccccc2-c2ccccc21)c1ccccc1. The third-order valence-electron chi connectivity index (χ3n) is 3.97. The summed E-state index contributed by atoms with van der Waals surface area (Å²) in [6, 6.07) is 27.5. The molecule has 1 aliphatic rings. The van der Waals surface area contributed by atoms with Gasteiger partial charge in [-0.25, -0.2) is 0 Å². The summed E-state index contributed by atoms with van der Waals surface area (Å²) in [5, 5.41) is 0. The Hall–Kier alpha value is -2.67. The average Bonchev–Trinajstić information content (AvgIpc) is 2.88. The molecule has 100 valence electrons. The van der Waals surface area contributed by atoms with Gasteiger partial charge in [0.05, 0.1) is 0 Å². The standard InChI is InChI=1S/C20H15N/c1-2-8-15(9-3-1)14-21-20-18-12-6-4-10-16(18)17-11-5-7-13-19(17)20/h1-14,20H. The fourth-order valence-electron chi connectivity index (χ4n) is 2.99. The van der Waals surface area contributed by atoms with Crippen LogP contribution in [0, 0.1) is 0 Å². The smallest absolute Gasteiger partial charge is 0.101 e. The van der Waals surface area contributed by atoms with Crippen LogP contribution in [0.3, 0.4) is 0 Å². The molecule has 0 bridgehead atoms. The second kappa shape index (κ2) is 5.02. The molecular formula is C20H15N. The van der Waals surface area contributed by atoms with Crippen molar-refractivity contribution >= 4 is 6.21 Å². The monoisotopic (exact) mass is 269 g/mol. The summed E-state index contributed by atoms with van der Waals surface area (Å²) in [4.78, 5) is 4.85. The molecule has 0 radical (unpaired) electrons. The van der Waals surface area contributed by atoms with Crippen molar-refractivity contribution in [2.24, 2.45) is 4.99 Å². The first-order valence-electron chi connectivity index (χ1n) is 7.20. The molecule has 1 heteroatoms. The molecule has 3 aromatic carbocycles. The number of hydrogen-bond acceptors (Lipinski definition) is 1. The molecule has 3 aromatic rings. The maximum Gasteiger partial charge on any atom is 0.101 e. The van der Waals surface area contributed by atoms with E-state index in [1.807, 2.05) is 24.4 Å². The van der Waals surface area contributed by atoms with Crippen molar-refractivity contribution in [2.75, 3.05) is 0 Å². The molecule has 0 heterocycles. The van der Waals surface area contributed by atoms with Crippen LogP contribution in [0.2, 0.25) is 0 Å². The predicted octanol–water partition coefficient (Wildman–Crippen LogP) is 4.88. The molecule has 0 spiro atoms. The summed E-state index contributed by atoms with van der Waals surface area (Å²) in [6.45, 7) is 0. The van der Waals surface area contributed by atoms with Gasteiger partial charge >= 0.3 is 0 Å². The van der Waals surface area contributed by atoms with Crippen LogP contribution in [0.5, 0.6) is 0 Å². The second-order valence-corrected chi connectivity index (χ2v) is 5.27. The van der Waals surface area contributed by atoms with E-state index in [0.29, 0.717) is 0 Å². The minimum atomic E-state index is 0.109. The van der Waals surface area contributed by atoms with Crippen LogP contribution in [0.1, 0.15) is 22.7 Å². The maximum absolute atomic E-state index is 4.85. The Balaban J connectivity index is 1.80. The third-order valence-corrected chi connectivity index (χ3v) is 3.97. The van der Waals surface area contributed by atoms with Gasteiger partial charge in [-0.1, -0.05) is 78.9 Å². The maximum atomic E-state index is 4.85. The number of rotatable bonds is 2. The van der Waals surface area contributed by atoms with E-state index >= 15 is 0 Å². The molecule has 0 atom stereocenters. The number of aliphatic imine (C=N–C) groups is 1. The normalized spacial score (nSPS) is 13.3. The first kappa shape index (κ1) is 12.1. The molecule has 0 aliphatic heterocycles. The first-order chi connectivity index (χ1) is 10.4. The van der Waals surface area contributed by atoms with Crippen LogP contribution >= 0.6 is 0 Å². The molecule has 0 saturated heterocycles. The summed E-state index contributed by atoms with van der Waals surface area (Å²) < 4.78 is 0. The summed E-state index contributed by atoms with van der Waals surface area (Å²) in [5.74, 6) is 0. The Morgan fingerprint density at radius 2 is 1.14 bits per heavy atom. The van der Waals surface area contributed by atoms with Gasteiger partial charge in [-0.15, -0.1) is 0 Å². The average molecular weight is 269 g/mol. The molecule has 4 rings (SSSR count). The third kappa shape index (κ3) is 2.07. The van der Waals surface area contributed by atoms with Gasteiger partial charge in [-0.2, -0.15) is 0 Å². The number of fused-ring (bicyclic) bond motifs is 3. The molecule has 1 nitrogen and oxygen atoms in total. The highest BCUT2D eigenvalue weighted by atomic mass is 14.8. The minimum absolute atomic E-state index is 0.109. The minimum Gasteiger partial charge on any atom is -0.280 e. The van der Waals surface area contributed by atoms with Crippen molar-refractivity contribution in [3.63, 3.8) is 0 Å². The predicted molar refractivity (Wildman–Crippen MR) is 87.8 cm³/mol. The van der Waals surface area contributed by atoms with Gasteiger partial charge in [0.25, 0.3) is 0 Å². The highest BCUT2D eigenvalue weighted by Gasteiger charge is 2.26. The van der Waals surface area contributed by atoms with E-state index in [9.17, 15) is 0 Å². The Bertz CT molecular complexity index is 757. The van der Waals surface area contributed by atoms with Crippen molar-refractivity contribution in [2.45, 2.75) is 6.04 Å². The van der Waals surface area contributed by atoms with E-state index < -0.39 is 0 Å². The van der Waals surface area contributed by atoms with E-state index in [-0.39, 0.29) is 6.04 Å². The van der Waals surface area contributed by atoms with Gasteiger partial charge in [0.1, 0.15) is 6.04 Å². The van der Waals surface area contributed by atoms with Crippen molar-refractivity contribution in [1.29, 1.82) is 0 Å². The Morgan fingerprint density at radius 1 is 0.619 bits per heavy atom. The highest BCUT2D eigenvalue weighted by Crippen LogP contribution is 2.44. The van der Waals surface area contributed by atoms with Gasteiger partial charge in [0.2, 0.25) is 0 Å². The summed E-state index contributed by atoms with van der Waals surface area (Å²) >= 11 is 0. The zero-order chi connectivity index (χ0) is 14.1. The molecule has 0 amide bonds. The fraction of sp³-hybridized carbons (Fsp3) is 0.0500. The summed E-state index contributed by atoms with van der Waals surface area (Å²) in [5.41, 5.74) is 6.35. The van der Waals surface area contributed by atoms with Crippen molar-refractivity contribution in [3.05, 3.63) is 95.6 Å². The van der Waals surface area contributed by atoms with Crippen LogP contribution in [-0.2, 0) is 0 Å². The highest BCUT2D eigenvalue weighted by molar-refractivity contribution is 5.83. The molecular weight excluding hydrogens is 254 g/mol. The van der Waals surface area contributed by atoms with Gasteiger partial charge in [0.15, 0.2) is 0 Å². The Kier molecular flexibility index (Phi) is 2.89. The largest absolute Gasteiger partial charge is 0.280 e. The van der Waals surface area contributed by atoms with Crippen molar-refractivity contribution in [3.8, 4) is 11.1 Å². The second-order valence-electron chi connectivity index (χ2n) is 5.27. The lowest BCUT2D eigenvalue weighted by Gasteiger charge is -2.07. The van der Waals surface area contributed by atoms with Crippen LogP contribution in [0.15, 0.2) is 83.9 Å². The zero-order valence-electron chi connectivity index (χ0n) is 11.6. The topological polar surface area (TPSA) is 12.4 Å². The summed E-state index contributed by atoms with van der Waals surface area (Å²) in [7, 11) is 0. The van der Waals surface area contributed by atoms with Crippen molar-refractivity contribution in [1.82, 2.24) is 0 Å². The van der Waals surface area contributed by atoms with Gasteiger partial charge in [-0.05, 0) is 27.8 Å². The summed E-state index contributed by atoms with van der Waals surface area (Å²) in [6.07, 6.45) is 1.98. The molecule has 1 aliphatic carbocycles. The van der Waals surface area contributed by atoms with E-state index in [2.05, 4.69) is 60.7 Å². The quantitative estimate of drug-likeness (QED) is 0.588. The molecule has 0 aromatic heterocycles. The molecule has 0 saturated carbocycles. The van der Waals surface area contributed by atoms with Crippen LogP contribution in [-0.4, -0.2) is 6.21 Å². The Morgan fingerprint density at radius 3 is 1.76 bits per heavy atom. The van der Waals surface area contributed by atoms with E-state index in [0.717, 1.165) is 5.56 Å². The van der Waals surface area contributed by atoms with Crippen LogP contribution < -0.4 is 0 Å². The van der Waals surface area contributed by atoms with Gasteiger partial charge < -0.3 is 0 Å². The van der Waals surface area contributed by atoms with E-state index in [1.165, 1.54) is 22.3 Å². The number of hydrogen-bond donors (Lipinski definition) is 0. The first-order valence-corrected chi connectivity index (χ1v) is 7.20. The molecule has 0 N–H and O–H groups in total. The molecule has 0 unspecified atom stereocenters. The van der Waals surface area contributed by atoms with E-state index in [4.69, 9.17) is 4.99 Å². The van der Waals surface area contributed by atoms with Gasteiger partial charge in [0, 0.05) is 6.21 Å². The zero-order valence-corrected chi connectivity index (χ0v) is 11.6. The fourth-order valence-corrected chi connectivity index (χ4v) is 2.99. The van der Waals surface area contributed by atoms with Gasteiger partial charge in [-0.3, -0.25) is 4.99 Å². The lowest BCUT2D eigenvalue weighted by atomic mass is 10.1. The Labute approximate surface area is 124 Å². The lowest BCUT2D eigenvalue weighted by molar-refractivity contribution is 0.908. The number of nitrogens with zero attached hydrogens (tertiary/aromatic N) is 1. The number of benzene rings is 3. The van der Waals surface area contributed by atoms with Crippen LogP contribution in [0.4, 0.5) is 0 Å². The molecule has 21 heavy (non-hydrogen) atoms. The van der Waals surface area contributed by atoms with Crippen LogP contribution in [0.25, 0.3) is 11.1 Å². The van der Waals surface area contributed by atoms with Crippen molar-refractivity contribution < 1.29 is 0 Å². The molecule has 0 fully saturated rings. The van der Waals surface area contributed by atoms with E-state index in [1.54, 1.807) is 0 Å².